The maximum absolute atomic E-state index is 12.9. The highest BCUT2D eigenvalue weighted by Crippen LogP contribution is 2.29. The first-order valence-electron chi connectivity index (χ1n) is 10.1. The fraction of sp³-hybridized carbons (Fsp3) is 0.318. The number of halogens is 3. The van der Waals surface area contributed by atoms with E-state index in [2.05, 4.69) is 10.1 Å². The summed E-state index contributed by atoms with van der Waals surface area (Å²) >= 11 is 0. The highest BCUT2D eigenvalue weighted by molar-refractivity contribution is 5.94. The molecule has 0 fully saturated rings. The summed E-state index contributed by atoms with van der Waals surface area (Å²) in [6, 6.07) is 9.77. The zero-order chi connectivity index (χ0) is 24.2. The molecule has 0 saturated carbocycles. The molecule has 0 aliphatic heterocycles. The summed E-state index contributed by atoms with van der Waals surface area (Å²) < 4.78 is 43.6. The number of nitrogens with zero attached hydrogens (tertiary/aromatic N) is 4. The number of hydrogen-bond acceptors (Lipinski definition) is 6. The summed E-state index contributed by atoms with van der Waals surface area (Å²) in [5.41, 5.74) is -0.191. The van der Waals surface area contributed by atoms with E-state index in [0.717, 1.165) is 24.3 Å². The monoisotopic (exact) mass is 462 g/mol. The summed E-state index contributed by atoms with van der Waals surface area (Å²) in [6.07, 6.45) is -4.24. The largest absolute Gasteiger partial charge is 0.416 e. The molecule has 174 valence electrons. The molecule has 1 aromatic heterocycles. The number of non-ortho nitro benzene ring substituents is 1. The van der Waals surface area contributed by atoms with Crippen molar-refractivity contribution in [2.75, 3.05) is 13.1 Å². The molecule has 3 aromatic rings. The smallest absolute Gasteiger partial charge is 0.339 e. The van der Waals surface area contributed by atoms with Crippen LogP contribution in [-0.4, -0.2) is 39.0 Å². The van der Waals surface area contributed by atoms with Crippen LogP contribution in [-0.2, 0) is 12.6 Å². The molecule has 2 aromatic carbocycles. The number of benzene rings is 2. The topological polar surface area (TPSA) is 102 Å². The highest BCUT2D eigenvalue weighted by atomic mass is 19.4. The van der Waals surface area contributed by atoms with Gasteiger partial charge in [-0.1, -0.05) is 19.0 Å². The molecule has 0 atom stereocenters. The van der Waals surface area contributed by atoms with Crippen molar-refractivity contribution >= 4 is 11.6 Å². The molecule has 0 spiro atoms. The van der Waals surface area contributed by atoms with Crippen molar-refractivity contribution in [3.63, 3.8) is 0 Å². The Morgan fingerprint density at radius 2 is 1.76 bits per heavy atom. The summed E-state index contributed by atoms with van der Waals surface area (Å²) in [5, 5.41) is 14.6. The number of amides is 1. The summed E-state index contributed by atoms with van der Waals surface area (Å²) in [6.45, 7) is 4.46. The van der Waals surface area contributed by atoms with E-state index in [1.807, 2.05) is 13.8 Å². The number of nitro groups is 1. The van der Waals surface area contributed by atoms with Gasteiger partial charge >= 0.3 is 6.18 Å². The number of nitro benzene ring substituents is 1. The van der Waals surface area contributed by atoms with Gasteiger partial charge in [-0.05, 0) is 42.3 Å². The number of alkyl halides is 3. The SMILES string of the molecule is CC(C)CN(CCc1nc(-c2ccc([N+](=O)[O-])cc2)no1)C(=O)c1ccc(C(F)(F)F)cc1. The van der Waals surface area contributed by atoms with Gasteiger partial charge < -0.3 is 9.42 Å². The highest BCUT2D eigenvalue weighted by Gasteiger charge is 2.30. The minimum absolute atomic E-state index is 0.0615. The fourth-order valence-corrected chi connectivity index (χ4v) is 3.14. The molecule has 0 aliphatic carbocycles. The van der Waals surface area contributed by atoms with E-state index in [9.17, 15) is 28.1 Å². The lowest BCUT2D eigenvalue weighted by Gasteiger charge is -2.24. The van der Waals surface area contributed by atoms with Gasteiger partial charge in [-0.25, -0.2) is 0 Å². The third kappa shape index (κ3) is 6.15. The van der Waals surface area contributed by atoms with Crippen LogP contribution >= 0.6 is 0 Å². The standard InChI is InChI=1S/C22H21F3N4O4/c1-14(2)13-28(21(30)16-3-7-17(8-4-16)22(23,24)25)12-11-19-26-20(27-33-19)15-5-9-18(10-6-15)29(31)32/h3-10,14H,11-13H2,1-2H3. The predicted molar refractivity (Wildman–Crippen MR) is 112 cm³/mol. The Labute approximate surface area is 187 Å². The predicted octanol–water partition coefficient (Wildman–Crippen LogP) is 5.00. The second-order valence-corrected chi connectivity index (χ2v) is 7.79. The second-order valence-electron chi connectivity index (χ2n) is 7.79. The van der Waals surface area contributed by atoms with E-state index in [1.54, 1.807) is 0 Å². The van der Waals surface area contributed by atoms with Gasteiger partial charge in [0.05, 0.1) is 10.5 Å². The van der Waals surface area contributed by atoms with Crippen LogP contribution in [0.25, 0.3) is 11.4 Å². The van der Waals surface area contributed by atoms with Crippen molar-refractivity contribution in [1.82, 2.24) is 15.0 Å². The van der Waals surface area contributed by atoms with E-state index in [1.165, 1.54) is 29.2 Å². The van der Waals surface area contributed by atoms with Crippen LogP contribution in [0.5, 0.6) is 0 Å². The number of hydrogen-bond donors (Lipinski definition) is 0. The van der Waals surface area contributed by atoms with Gasteiger partial charge in [0.2, 0.25) is 11.7 Å². The van der Waals surface area contributed by atoms with Gasteiger partial charge in [-0.3, -0.25) is 14.9 Å². The lowest BCUT2D eigenvalue weighted by molar-refractivity contribution is -0.384. The Morgan fingerprint density at radius 1 is 1.12 bits per heavy atom. The molecule has 0 unspecified atom stereocenters. The number of carbonyl (C=O) groups is 1. The number of rotatable bonds is 8. The lowest BCUT2D eigenvalue weighted by Crippen LogP contribution is -2.36. The molecule has 8 nitrogen and oxygen atoms in total. The van der Waals surface area contributed by atoms with Crippen LogP contribution in [0.3, 0.4) is 0 Å². The average molecular weight is 462 g/mol. The Hall–Kier alpha value is -3.76. The van der Waals surface area contributed by atoms with Gasteiger partial charge in [-0.15, -0.1) is 0 Å². The zero-order valence-electron chi connectivity index (χ0n) is 17.9. The lowest BCUT2D eigenvalue weighted by atomic mass is 10.1. The summed E-state index contributed by atoms with van der Waals surface area (Å²) in [7, 11) is 0. The second kappa shape index (κ2) is 9.80. The van der Waals surface area contributed by atoms with E-state index >= 15 is 0 Å². The summed E-state index contributed by atoms with van der Waals surface area (Å²) in [5.74, 6) is 0.246. The first kappa shape index (κ1) is 23.9. The quantitative estimate of drug-likeness (QED) is 0.345. The molecule has 0 aliphatic rings. The van der Waals surface area contributed by atoms with Crippen LogP contribution < -0.4 is 0 Å². The number of carbonyl (C=O) groups excluding carboxylic acids is 1. The van der Waals surface area contributed by atoms with Crippen LogP contribution in [0.15, 0.2) is 53.1 Å². The van der Waals surface area contributed by atoms with Crippen LogP contribution in [0, 0.1) is 16.0 Å². The first-order valence-corrected chi connectivity index (χ1v) is 10.1. The zero-order valence-corrected chi connectivity index (χ0v) is 17.9. The van der Waals surface area contributed by atoms with Crippen molar-refractivity contribution in [3.05, 3.63) is 75.7 Å². The van der Waals surface area contributed by atoms with Gasteiger partial charge in [0.15, 0.2) is 0 Å². The normalized spacial score (nSPS) is 11.6. The molecule has 0 radical (unpaired) electrons. The van der Waals surface area contributed by atoms with Crippen molar-refractivity contribution in [1.29, 1.82) is 0 Å². The van der Waals surface area contributed by atoms with Crippen LogP contribution in [0.4, 0.5) is 18.9 Å². The average Bonchev–Trinajstić information content (AvgIpc) is 3.24. The van der Waals surface area contributed by atoms with Crippen molar-refractivity contribution in [3.8, 4) is 11.4 Å². The Morgan fingerprint density at radius 3 is 2.30 bits per heavy atom. The van der Waals surface area contributed by atoms with Gasteiger partial charge in [-0.2, -0.15) is 18.2 Å². The molecule has 1 amide bonds. The minimum Gasteiger partial charge on any atom is -0.339 e. The molecular weight excluding hydrogens is 441 g/mol. The van der Waals surface area contributed by atoms with Crippen LogP contribution in [0.2, 0.25) is 0 Å². The molecule has 0 bridgehead atoms. The van der Waals surface area contributed by atoms with E-state index < -0.39 is 22.6 Å². The molecular formula is C22H21F3N4O4. The maximum Gasteiger partial charge on any atom is 0.416 e. The molecule has 0 N–H and O–H groups in total. The van der Waals surface area contributed by atoms with Crippen molar-refractivity contribution < 1.29 is 27.4 Å². The van der Waals surface area contributed by atoms with Crippen LogP contribution in [0.1, 0.15) is 35.7 Å². The Bertz CT molecular complexity index is 1110. The fourth-order valence-electron chi connectivity index (χ4n) is 3.14. The van der Waals surface area contributed by atoms with E-state index in [-0.39, 0.29) is 41.8 Å². The Kier molecular flexibility index (Phi) is 7.10. The Balaban J connectivity index is 1.70. The molecule has 0 saturated heterocycles. The van der Waals surface area contributed by atoms with Crippen molar-refractivity contribution in [2.45, 2.75) is 26.4 Å². The summed E-state index contributed by atoms with van der Waals surface area (Å²) in [4.78, 5) is 29.0. The molecule has 11 heteroatoms. The minimum atomic E-state index is -4.47. The van der Waals surface area contributed by atoms with Gasteiger partial charge in [0.25, 0.3) is 11.6 Å². The van der Waals surface area contributed by atoms with Gasteiger partial charge in [0, 0.05) is 42.8 Å². The van der Waals surface area contributed by atoms with E-state index in [0.29, 0.717) is 12.1 Å². The third-order valence-electron chi connectivity index (χ3n) is 4.73. The third-order valence-corrected chi connectivity index (χ3v) is 4.73. The van der Waals surface area contributed by atoms with Crippen molar-refractivity contribution in [2.24, 2.45) is 5.92 Å². The van der Waals surface area contributed by atoms with Gasteiger partial charge in [0.1, 0.15) is 0 Å². The molecule has 3 rings (SSSR count). The molecule has 1 heterocycles. The first-order chi connectivity index (χ1) is 15.5. The van der Waals surface area contributed by atoms with E-state index in [4.69, 9.17) is 4.52 Å². The number of aromatic nitrogens is 2. The maximum atomic E-state index is 12.9. The molecule has 33 heavy (non-hydrogen) atoms.